The molecule has 116 valence electrons. The van der Waals surface area contributed by atoms with Crippen molar-refractivity contribution in [1.82, 2.24) is 4.90 Å². The van der Waals surface area contributed by atoms with Gasteiger partial charge < -0.3 is 16.0 Å². The van der Waals surface area contributed by atoms with Crippen LogP contribution in [0.1, 0.15) is 38.2 Å². The molecule has 0 aromatic heterocycles. The van der Waals surface area contributed by atoms with Gasteiger partial charge in [-0.3, -0.25) is 4.79 Å². The molecule has 3 N–H and O–H groups in total. The highest BCUT2D eigenvalue weighted by Crippen LogP contribution is 2.21. The standard InChI is InChI=1S/C17H27N3O/c1-3-14-7-10-20(11-8-14)12-9-17(21)19-16-6-4-5-15(18)13(16)2/h4-6,14H,3,7-12,18H2,1-2H3,(H,19,21). The smallest absolute Gasteiger partial charge is 0.225 e. The van der Waals surface area contributed by atoms with Crippen LogP contribution in [0.3, 0.4) is 0 Å². The molecule has 1 aromatic rings. The van der Waals surface area contributed by atoms with Gasteiger partial charge in [0.15, 0.2) is 0 Å². The monoisotopic (exact) mass is 289 g/mol. The molecule has 1 aliphatic rings. The maximum atomic E-state index is 12.1. The van der Waals surface area contributed by atoms with Gasteiger partial charge in [-0.2, -0.15) is 0 Å². The lowest BCUT2D eigenvalue weighted by Crippen LogP contribution is -2.35. The number of nitrogens with two attached hydrogens (primary N) is 1. The molecule has 0 radical (unpaired) electrons. The highest BCUT2D eigenvalue weighted by Gasteiger charge is 2.18. The zero-order valence-corrected chi connectivity index (χ0v) is 13.2. The number of anilines is 2. The van der Waals surface area contributed by atoms with Crippen molar-refractivity contribution in [2.45, 2.75) is 39.5 Å². The highest BCUT2D eigenvalue weighted by molar-refractivity contribution is 5.92. The molecule has 1 saturated heterocycles. The van der Waals surface area contributed by atoms with Crippen LogP contribution in [0.4, 0.5) is 11.4 Å². The van der Waals surface area contributed by atoms with E-state index in [0.29, 0.717) is 6.42 Å². The molecule has 21 heavy (non-hydrogen) atoms. The maximum absolute atomic E-state index is 12.1. The number of piperidine rings is 1. The summed E-state index contributed by atoms with van der Waals surface area (Å²) in [5.74, 6) is 0.950. The minimum absolute atomic E-state index is 0.0707. The molecule has 4 heteroatoms. The summed E-state index contributed by atoms with van der Waals surface area (Å²) in [6.45, 7) is 7.30. The molecule has 4 nitrogen and oxygen atoms in total. The molecule has 1 amide bonds. The lowest BCUT2D eigenvalue weighted by molar-refractivity contribution is -0.116. The van der Waals surface area contributed by atoms with Crippen LogP contribution in [-0.2, 0) is 4.79 Å². The number of nitrogens with one attached hydrogen (secondary N) is 1. The van der Waals surface area contributed by atoms with Crippen molar-refractivity contribution >= 4 is 17.3 Å². The maximum Gasteiger partial charge on any atom is 0.225 e. The third-order valence-electron chi connectivity index (χ3n) is 4.59. The molecule has 0 spiro atoms. The van der Waals surface area contributed by atoms with E-state index in [1.807, 2.05) is 25.1 Å². The second-order valence-corrected chi connectivity index (χ2v) is 6.01. The van der Waals surface area contributed by atoms with E-state index in [9.17, 15) is 4.79 Å². The SMILES string of the molecule is CCC1CCN(CCC(=O)Nc2cccc(N)c2C)CC1. The second-order valence-electron chi connectivity index (χ2n) is 6.01. The van der Waals surface area contributed by atoms with Crippen LogP contribution in [0, 0.1) is 12.8 Å². The van der Waals surface area contributed by atoms with Gasteiger partial charge in [-0.05, 0) is 56.5 Å². The average molecular weight is 289 g/mol. The predicted octanol–water partition coefficient (Wildman–Crippen LogP) is 3.03. The number of amides is 1. The highest BCUT2D eigenvalue weighted by atomic mass is 16.1. The molecular weight excluding hydrogens is 262 g/mol. The van der Waals surface area contributed by atoms with Gasteiger partial charge >= 0.3 is 0 Å². The average Bonchev–Trinajstić information content (AvgIpc) is 2.50. The van der Waals surface area contributed by atoms with Gasteiger partial charge in [0, 0.05) is 24.3 Å². The number of nitrogen functional groups attached to an aromatic ring is 1. The van der Waals surface area contributed by atoms with E-state index in [1.54, 1.807) is 0 Å². The third kappa shape index (κ3) is 4.46. The number of carbonyl (C=O) groups excluding carboxylic acids is 1. The molecule has 1 fully saturated rings. The Morgan fingerprint density at radius 3 is 2.76 bits per heavy atom. The van der Waals surface area contributed by atoms with Gasteiger partial charge in [0.1, 0.15) is 0 Å². The molecule has 0 unspecified atom stereocenters. The minimum atomic E-state index is 0.0707. The van der Waals surface area contributed by atoms with E-state index in [2.05, 4.69) is 17.1 Å². The van der Waals surface area contributed by atoms with Crippen LogP contribution in [0.2, 0.25) is 0 Å². The fourth-order valence-corrected chi connectivity index (χ4v) is 2.88. The van der Waals surface area contributed by atoms with Crippen LogP contribution in [0.25, 0.3) is 0 Å². The van der Waals surface area contributed by atoms with Gasteiger partial charge in [0.2, 0.25) is 5.91 Å². The Kier molecular flexibility index (Phi) is 5.62. The van der Waals surface area contributed by atoms with E-state index in [0.717, 1.165) is 42.5 Å². The molecular formula is C17H27N3O. The summed E-state index contributed by atoms with van der Waals surface area (Å²) in [6, 6.07) is 5.62. The van der Waals surface area contributed by atoms with Crippen LogP contribution in [0.15, 0.2) is 18.2 Å². The van der Waals surface area contributed by atoms with Gasteiger partial charge in [-0.25, -0.2) is 0 Å². The van der Waals surface area contributed by atoms with Crippen molar-refractivity contribution in [3.63, 3.8) is 0 Å². The second kappa shape index (κ2) is 7.46. The van der Waals surface area contributed by atoms with Gasteiger partial charge in [-0.15, -0.1) is 0 Å². The number of benzene rings is 1. The molecule has 0 aliphatic carbocycles. The minimum Gasteiger partial charge on any atom is -0.398 e. The fourth-order valence-electron chi connectivity index (χ4n) is 2.88. The van der Waals surface area contributed by atoms with Crippen molar-refractivity contribution in [2.75, 3.05) is 30.7 Å². The zero-order valence-electron chi connectivity index (χ0n) is 13.2. The van der Waals surface area contributed by atoms with Gasteiger partial charge in [0.05, 0.1) is 0 Å². The Labute approximate surface area is 127 Å². The van der Waals surface area contributed by atoms with Crippen LogP contribution in [0.5, 0.6) is 0 Å². The molecule has 0 saturated carbocycles. The van der Waals surface area contributed by atoms with E-state index < -0.39 is 0 Å². The Morgan fingerprint density at radius 2 is 2.10 bits per heavy atom. The molecule has 1 heterocycles. The summed E-state index contributed by atoms with van der Waals surface area (Å²) < 4.78 is 0. The van der Waals surface area contributed by atoms with Crippen molar-refractivity contribution in [1.29, 1.82) is 0 Å². The summed E-state index contributed by atoms with van der Waals surface area (Å²) >= 11 is 0. The molecule has 1 aliphatic heterocycles. The quantitative estimate of drug-likeness (QED) is 0.819. The first-order valence-corrected chi connectivity index (χ1v) is 7.97. The molecule has 0 bridgehead atoms. The Bertz CT molecular complexity index is 479. The number of hydrogen-bond donors (Lipinski definition) is 2. The van der Waals surface area contributed by atoms with E-state index in [-0.39, 0.29) is 5.91 Å². The molecule has 2 rings (SSSR count). The van der Waals surface area contributed by atoms with Crippen LogP contribution < -0.4 is 11.1 Å². The van der Waals surface area contributed by atoms with Gasteiger partial charge in [-0.1, -0.05) is 19.4 Å². The van der Waals surface area contributed by atoms with E-state index in [4.69, 9.17) is 5.73 Å². The first kappa shape index (κ1) is 15.8. The van der Waals surface area contributed by atoms with Crippen LogP contribution in [-0.4, -0.2) is 30.4 Å². The summed E-state index contributed by atoms with van der Waals surface area (Å²) in [5, 5.41) is 2.96. The lowest BCUT2D eigenvalue weighted by atomic mass is 9.94. The number of nitrogens with zero attached hydrogens (tertiary/aromatic N) is 1. The Hall–Kier alpha value is -1.55. The van der Waals surface area contributed by atoms with Crippen molar-refractivity contribution in [2.24, 2.45) is 5.92 Å². The predicted molar refractivity (Wildman–Crippen MR) is 88.3 cm³/mol. The van der Waals surface area contributed by atoms with E-state index >= 15 is 0 Å². The zero-order chi connectivity index (χ0) is 15.2. The summed E-state index contributed by atoms with van der Waals surface area (Å²) in [5.41, 5.74) is 8.33. The number of carbonyl (C=O) groups is 1. The third-order valence-corrected chi connectivity index (χ3v) is 4.59. The van der Waals surface area contributed by atoms with Crippen LogP contribution >= 0.6 is 0 Å². The van der Waals surface area contributed by atoms with Gasteiger partial charge in [0.25, 0.3) is 0 Å². The molecule has 0 atom stereocenters. The normalized spacial score (nSPS) is 16.9. The Balaban J connectivity index is 1.76. The largest absolute Gasteiger partial charge is 0.398 e. The van der Waals surface area contributed by atoms with Crippen molar-refractivity contribution < 1.29 is 4.79 Å². The summed E-state index contributed by atoms with van der Waals surface area (Å²) in [6.07, 6.45) is 4.37. The van der Waals surface area contributed by atoms with Crippen molar-refractivity contribution in [3.05, 3.63) is 23.8 Å². The lowest BCUT2D eigenvalue weighted by Gasteiger charge is -2.31. The Morgan fingerprint density at radius 1 is 1.38 bits per heavy atom. The van der Waals surface area contributed by atoms with Crippen molar-refractivity contribution in [3.8, 4) is 0 Å². The topological polar surface area (TPSA) is 58.4 Å². The first-order valence-electron chi connectivity index (χ1n) is 7.97. The summed E-state index contributed by atoms with van der Waals surface area (Å²) in [7, 11) is 0. The fraction of sp³-hybridized carbons (Fsp3) is 0.588. The molecule has 1 aromatic carbocycles. The number of likely N-dealkylation sites (tertiary alicyclic amines) is 1. The number of hydrogen-bond acceptors (Lipinski definition) is 3. The van der Waals surface area contributed by atoms with E-state index in [1.165, 1.54) is 19.3 Å². The first-order chi connectivity index (χ1) is 10.1. The summed E-state index contributed by atoms with van der Waals surface area (Å²) in [4.78, 5) is 14.5. The number of rotatable bonds is 5.